The third kappa shape index (κ3) is 3.78. The topological polar surface area (TPSA) is 63.1 Å². The summed E-state index contributed by atoms with van der Waals surface area (Å²) in [5, 5.41) is 3.04. The number of pyridine rings is 1. The third-order valence-corrected chi connectivity index (χ3v) is 4.87. The summed E-state index contributed by atoms with van der Waals surface area (Å²) in [6, 6.07) is 2.33. The Labute approximate surface area is 149 Å². The average molecular weight is 343 g/mol. The van der Waals surface area contributed by atoms with Gasteiger partial charge >= 0.3 is 6.03 Å². The number of likely N-dealkylation sites (tertiary alicyclic amines) is 1. The number of urea groups is 1. The molecule has 1 aliphatic heterocycles. The predicted molar refractivity (Wildman–Crippen MR) is 99.7 cm³/mol. The number of rotatable bonds is 5. The van der Waals surface area contributed by atoms with Gasteiger partial charge in [-0.2, -0.15) is 0 Å². The van der Waals surface area contributed by atoms with Gasteiger partial charge < -0.3 is 14.8 Å². The number of nitrogens with zero attached hydrogens (tertiary/aromatic N) is 4. The fraction of sp³-hybridized carbons (Fsp3) is 0.632. The lowest BCUT2D eigenvalue weighted by molar-refractivity contribution is 0.207. The van der Waals surface area contributed by atoms with Gasteiger partial charge in [0.2, 0.25) is 0 Å². The Hall–Kier alpha value is -2.11. The molecule has 136 valence electrons. The number of nitrogens with one attached hydrogen (secondary N) is 1. The van der Waals surface area contributed by atoms with Gasteiger partial charge in [-0.05, 0) is 38.7 Å². The molecule has 2 aromatic heterocycles. The smallest absolute Gasteiger partial charge is 0.317 e. The molecule has 6 heteroatoms. The van der Waals surface area contributed by atoms with E-state index in [1.54, 1.807) is 6.20 Å². The highest BCUT2D eigenvalue weighted by atomic mass is 16.2. The van der Waals surface area contributed by atoms with E-state index in [0.29, 0.717) is 12.0 Å². The fourth-order valence-electron chi connectivity index (χ4n) is 3.53. The number of imidazole rings is 1. The molecule has 0 saturated carbocycles. The van der Waals surface area contributed by atoms with E-state index < -0.39 is 0 Å². The summed E-state index contributed by atoms with van der Waals surface area (Å²) in [4.78, 5) is 23.4. The van der Waals surface area contributed by atoms with Crippen molar-refractivity contribution in [2.45, 2.75) is 52.5 Å². The molecule has 3 rings (SSSR count). The van der Waals surface area contributed by atoms with E-state index in [1.807, 2.05) is 17.2 Å². The highest BCUT2D eigenvalue weighted by Crippen LogP contribution is 2.31. The number of carbonyl (C=O) groups excluding carboxylic acids is 1. The van der Waals surface area contributed by atoms with E-state index in [-0.39, 0.29) is 11.9 Å². The molecule has 1 N–H and O–H groups in total. The van der Waals surface area contributed by atoms with Gasteiger partial charge in [0, 0.05) is 37.8 Å². The van der Waals surface area contributed by atoms with Gasteiger partial charge in [0.05, 0.1) is 17.2 Å². The Morgan fingerprint density at radius 3 is 2.88 bits per heavy atom. The van der Waals surface area contributed by atoms with Crippen molar-refractivity contribution < 1.29 is 4.79 Å². The van der Waals surface area contributed by atoms with Gasteiger partial charge in [-0.25, -0.2) is 9.78 Å². The van der Waals surface area contributed by atoms with Crippen LogP contribution in [-0.4, -0.2) is 45.1 Å². The maximum atomic E-state index is 12.4. The van der Waals surface area contributed by atoms with Crippen molar-refractivity contribution in [3.8, 4) is 0 Å². The number of aromatic nitrogens is 3. The number of carbonyl (C=O) groups is 1. The minimum absolute atomic E-state index is 0.0528. The monoisotopic (exact) mass is 343 g/mol. The first-order valence-electron chi connectivity index (χ1n) is 9.32. The number of amides is 2. The van der Waals surface area contributed by atoms with E-state index in [0.717, 1.165) is 49.3 Å². The van der Waals surface area contributed by atoms with Crippen molar-refractivity contribution in [1.82, 2.24) is 24.8 Å². The average Bonchev–Trinajstić information content (AvgIpc) is 3.18. The highest BCUT2D eigenvalue weighted by molar-refractivity contribution is 5.76. The summed E-state index contributed by atoms with van der Waals surface area (Å²) in [7, 11) is 0. The zero-order valence-corrected chi connectivity index (χ0v) is 15.7. The first kappa shape index (κ1) is 17.7. The first-order chi connectivity index (χ1) is 12.0. The molecule has 2 amide bonds. The van der Waals surface area contributed by atoms with Crippen LogP contribution in [0.5, 0.6) is 0 Å². The molecule has 6 nitrogen and oxygen atoms in total. The summed E-state index contributed by atoms with van der Waals surface area (Å²) >= 11 is 0. The van der Waals surface area contributed by atoms with Crippen LogP contribution in [0.1, 0.15) is 58.3 Å². The number of fused-ring (bicyclic) bond motifs is 1. The van der Waals surface area contributed by atoms with Crippen molar-refractivity contribution in [1.29, 1.82) is 0 Å². The largest absolute Gasteiger partial charge is 0.338 e. The van der Waals surface area contributed by atoms with Crippen molar-refractivity contribution in [3.05, 3.63) is 24.3 Å². The maximum absolute atomic E-state index is 12.4. The summed E-state index contributed by atoms with van der Waals surface area (Å²) in [6.07, 6.45) is 5.64. The molecule has 1 aliphatic rings. The standard InChI is InChI=1S/C19H29N5O/c1-13(2)5-9-21-19(25)23-10-7-15(12-23)18-22-16-6-8-20-11-17(16)24(18)14(3)4/h6,8,11,13-15H,5,7,9-10,12H2,1-4H3,(H,21,25). The fourth-order valence-corrected chi connectivity index (χ4v) is 3.53. The molecular formula is C19H29N5O. The Bertz CT molecular complexity index is 736. The van der Waals surface area contributed by atoms with Gasteiger partial charge in [-0.1, -0.05) is 13.8 Å². The summed E-state index contributed by atoms with van der Waals surface area (Å²) in [6.45, 7) is 10.9. The molecule has 1 saturated heterocycles. The van der Waals surface area contributed by atoms with Crippen LogP contribution in [0.4, 0.5) is 4.79 Å². The quantitative estimate of drug-likeness (QED) is 0.903. The second kappa shape index (κ2) is 7.42. The number of hydrogen-bond acceptors (Lipinski definition) is 3. The molecule has 2 aromatic rings. The van der Waals surface area contributed by atoms with E-state index >= 15 is 0 Å². The second-order valence-corrected chi connectivity index (χ2v) is 7.64. The van der Waals surface area contributed by atoms with Crippen LogP contribution in [0.15, 0.2) is 18.5 Å². The summed E-state index contributed by atoms with van der Waals surface area (Å²) < 4.78 is 2.27. The van der Waals surface area contributed by atoms with E-state index in [9.17, 15) is 4.79 Å². The number of hydrogen-bond donors (Lipinski definition) is 1. The van der Waals surface area contributed by atoms with Crippen LogP contribution in [-0.2, 0) is 0 Å². The van der Waals surface area contributed by atoms with Crippen molar-refractivity contribution in [2.24, 2.45) is 5.92 Å². The maximum Gasteiger partial charge on any atom is 0.317 e. The molecule has 0 aliphatic carbocycles. The summed E-state index contributed by atoms with van der Waals surface area (Å²) in [5.74, 6) is 1.97. The van der Waals surface area contributed by atoms with Crippen LogP contribution in [0.3, 0.4) is 0 Å². The molecule has 0 radical (unpaired) electrons. The summed E-state index contributed by atoms with van der Waals surface area (Å²) in [5.41, 5.74) is 2.06. The molecule has 0 bridgehead atoms. The molecule has 1 unspecified atom stereocenters. The van der Waals surface area contributed by atoms with Crippen LogP contribution in [0.2, 0.25) is 0 Å². The molecule has 25 heavy (non-hydrogen) atoms. The van der Waals surface area contributed by atoms with E-state index in [2.05, 4.69) is 42.6 Å². The minimum atomic E-state index is 0.0528. The third-order valence-electron chi connectivity index (χ3n) is 4.87. The van der Waals surface area contributed by atoms with Crippen molar-refractivity contribution in [3.63, 3.8) is 0 Å². The molecule has 0 spiro atoms. The molecule has 0 aromatic carbocycles. The molecule has 1 fully saturated rings. The Morgan fingerprint density at radius 2 is 2.16 bits per heavy atom. The Kier molecular flexibility index (Phi) is 5.25. The predicted octanol–water partition coefficient (Wildman–Crippen LogP) is 3.56. The molecule has 3 heterocycles. The Morgan fingerprint density at radius 1 is 1.36 bits per heavy atom. The van der Waals surface area contributed by atoms with Crippen LogP contribution in [0.25, 0.3) is 11.0 Å². The molecule has 1 atom stereocenters. The van der Waals surface area contributed by atoms with E-state index in [1.165, 1.54) is 0 Å². The first-order valence-corrected chi connectivity index (χ1v) is 9.32. The van der Waals surface area contributed by atoms with Crippen LogP contribution in [0, 0.1) is 5.92 Å². The SMILES string of the molecule is CC(C)CCNC(=O)N1CCC(c2nc3ccncc3n2C(C)C)C1. The van der Waals surface area contributed by atoms with Gasteiger partial charge in [0.1, 0.15) is 5.82 Å². The lowest BCUT2D eigenvalue weighted by Gasteiger charge is -2.19. The van der Waals surface area contributed by atoms with Gasteiger partial charge in [0.25, 0.3) is 0 Å². The Balaban J connectivity index is 1.73. The van der Waals surface area contributed by atoms with Crippen LogP contribution >= 0.6 is 0 Å². The van der Waals surface area contributed by atoms with Crippen molar-refractivity contribution in [2.75, 3.05) is 19.6 Å². The second-order valence-electron chi connectivity index (χ2n) is 7.64. The van der Waals surface area contributed by atoms with Gasteiger partial charge in [-0.15, -0.1) is 0 Å². The van der Waals surface area contributed by atoms with Crippen LogP contribution < -0.4 is 5.32 Å². The molecular weight excluding hydrogens is 314 g/mol. The van der Waals surface area contributed by atoms with Gasteiger partial charge in [0.15, 0.2) is 0 Å². The highest BCUT2D eigenvalue weighted by Gasteiger charge is 2.31. The zero-order chi connectivity index (χ0) is 18.0. The van der Waals surface area contributed by atoms with Crippen molar-refractivity contribution >= 4 is 17.1 Å². The minimum Gasteiger partial charge on any atom is -0.338 e. The lowest BCUT2D eigenvalue weighted by Crippen LogP contribution is -2.39. The normalized spacial score (nSPS) is 17.8. The van der Waals surface area contributed by atoms with E-state index in [4.69, 9.17) is 4.98 Å². The lowest BCUT2D eigenvalue weighted by atomic mass is 10.1. The zero-order valence-electron chi connectivity index (χ0n) is 15.7. The van der Waals surface area contributed by atoms with Gasteiger partial charge in [-0.3, -0.25) is 4.98 Å².